The molecule has 0 radical (unpaired) electrons. The second-order valence-electron chi connectivity index (χ2n) is 6.41. The van der Waals surface area contributed by atoms with E-state index >= 15 is 0 Å². The number of hydrogen-bond donors (Lipinski definition) is 0. The number of halogens is 2. The third-order valence-electron chi connectivity index (χ3n) is 4.27. The summed E-state index contributed by atoms with van der Waals surface area (Å²) in [6.45, 7) is 5.91. The lowest BCUT2D eigenvalue weighted by Crippen LogP contribution is -2.10. The predicted molar refractivity (Wildman–Crippen MR) is 112 cm³/mol. The molecule has 0 fully saturated rings. The minimum atomic E-state index is -0.239. The smallest absolute Gasteiger partial charge is 0.191 e. The molecular weight excluding hydrogens is 401 g/mol. The van der Waals surface area contributed by atoms with Crippen LogP contribution in [0.25, 0.3) is 0 Å². The molecule has 1 aromatic heterocycles. The predicted octanol–water partition coefficient (Wildman–Crippen LogP) is 6.17. The van der Waals surface area contributed by atoms with E-state index in [1.165, 1.54) is 0 Å². The Bertz CT molecular complexity index is 935. The molecule has 2 aromatic carbocycles. The van der Waals surface area contributed by atoms with Crippen LogP contribution in [0.15, 0.2) is 41.6 Å². The number of aryl methyl sites for hydroxylation is 2. The number of ether oxygens (including phenoxy) is 1. The summed E-state index contributed by atoms with van der Waals surface area (Å²) in [6, 6.07) is 11.7. The molecule has 1 heterocycles. The molecule has 0 aliphatic rings. The second-order valence-corrected chi connectivity index (χ2v) is 8.14. The van der Waals surface area contributed by atoms with E-state index in [9.17, 15) is 0 Å². The van der Waals surface area contributed by atoms with Gasteiger partial charge in [-0.3, -0.25) is 0 Å². The van der Waals surface area contributed by atoms with Crippen molar-refractivity contribution in [1.82, 2.24) is 14.8 Å². The summed E-state index contributed by atoms with van der Waals surface area (Å²) in [5, 5.41) is 11.0. The van der Waals surface area contributed by atoms with Crippen LogP contribution < -0.4 is 4.74 Å². The quantitative estimate of drug-likeness (QED) is 0.446. The van der Waals surface area contributed by atoms with Crippen LogP contribution in [0.5, 0.6) is 5.75 Å². The minimum absolute atomic E-state index is 0.239. The molecule has 142 valence electrons. The minimum Gasteiger partial charge on any atom is -0.483 e. The van der Waals surface area contributed by atoms with Crippen LogP contribution in [0.2, 0.25) is 10.0 Å². The average Bonchev–Trinajstić information content (AvgIpc) is 2.99. The molecule has 0 saturated heterocycles. The number of benzene rings is 2. The Kier molecular flexibility index (Phi) is 6.35. The van der Waals surface area contributed by atoms with Crippen molar-refractivity contribution in [2.24, 2.45) is 7.05 Å². The number of aromatic nitrogens is 3. The van der Waals surface area contributed by atoms with Crippen LogP contribution in [-0.4, -0.2) is 14.8 Å². The fourth-order valence-electron chi connectivity index (χ4n) is 2.79. The molecule has 1 unspecified atom stereocenters. The molecule has 0 spiro atoms. The van der Waals surface area contributed by atoms with E-state index in [2.05, 4.69) is 10.2 Å². The van der Waals surface area contributed by atoms with Crippen LogP contribution in [0, 0.1) is 13.8 Å². The van der Waals surface area contributed by atoms with Crippen molar-refractivity contribution in [2.45, 2.75) is 37.8 Å². The lowest BCUT2D eigenvalue weighted by Gasteiger charge is -2.16. The van der Waals surface area contributed by atoms with Crippen molar-refractivity contribution in [3.05, 3.63) is 69.0 Å². The molecule has 0 aliphatic carbocycles. The Balaban J connectivity index is 1.71. The van der Waals surface area contributed by atoms with Crippen LogP contribution in [0.1, 0.15) is 35.5 Å². The van der Waals surface area contributed by atoms with Gasteiger partial charge in [0.15, 0.2) is 17.1 Å². The van der Waals surface area contributed by atoms with Crippen LogP contribution >= 0.6 is 35.0 Å². The number of rotatable bonds is 6. The van der Waals surface area contributed by atoms with E-state index in [1.807, 2.05) is 68.8 Å². The molecule has 27 heavy (non-hydrogen) atoms. The molecule has 4 nitrogen and oxygen atoms in total. The summed E-state index contributed by atoms with van der Waals surface area (Å²) in [5.74, 6) is 2.27. The molecule has 0 saturated carbocycles. The fraction of sp³-hybridized carbons (Fsp3) is 0.300. The third-order valence-corrected chi connectivity index (χ3v) is 6.30. The van der Waals surface area contributed by atoms with Crippen molar-refractivity contribution < 1.29 is 4.74 Å². The van der Waals surface area contributed by atoms with Crippen LogP contribution in [-0.2, 0) is 12.8 Å². The highest BCUT2D eigenvalue weighted by Gasteiger charge is 2.18. The molecule has 3 rings (SSSR count). The molecule has 3 aromatic rings. The average molecular weight is 422 g/mol. The van der Waals surface area contributed by atoms with Gasteiger partial charge < -0.3 is 9.30 Å². The molecule has 1 atom stereocenters. The standard InChI is InChI=1S/C20H21Cl2N3OS/c1-12-9-16(10-13(2)18(12)22)26-14(3)19-23-24-20(25(19)4)27-11-15-7-5-6-8-17(15)21/h5-10,14H,11H2,1-4H3. The highest BCUT2D eigenvalue weighted by atomic mass is 35.5. The van der Waals surface area contributed by atoms with Gasteiger partial charge in [0.2, 0.25) is 0 Å². The molecule has 0 bridgehead atoms. The topological polar surface area (TPSA) is 39.9 Å². The first-order chi connectivity index (χ1) is 12.9. The van der Waals surface area contributed by atoms with Crippen molar-refractivity contribution in [3.8, 4) is 5.75 Å². The van der Waals surface area contributed by atoms with Crippen molar-refractivity contribution in [1.29, 1.82) is 0 Å². The van der Waals surface area contributed by atoms with Crippen molar-refractivity contribution in [2.75, 3.05) is 0 Å². The van der Waals surface area contributed by atoms with E-state index < -0.39 is 0 Å². The first-order valence-corrected chi connectivity index (χ1v) is 10.3. The van der Waals surface area contributed by atoms with Gasteiger partial charge in [0.1, 0.15) is 5.75 Å². The highest BCUT2D eigenvalue weighted by molar-refractivity contribution is 7.98. The highest BCUT2D eigenvalue weighted by Crippen LogP contribution is 2.30. The van der Waals surface area contributed by atoms with Crippen molar-refractivity contribution in [3.63, 3.8) is 0 Å². The monoisotopic (exact) mass is 421 g/mol. The lowest BCUT2D eigenvalue weighted by atomic mass is 10.1. The summed E-state index contributed by atoms with van der Waals surface area (Å²) in [4.78, 5) is 0. The fourth-order valence-corrected chi connectivity index (χ4v) is 4.11. The molecule has 0 aliphatic heterocycles. The van der Waals surface area contributed by atoms with E-state index in [0.29, 0.717) is 0 Å². The molecule has 0 N–H and O–H groups in total. The largest absolute Gasteiger partial charge is 0.483 e. The summed E-state index contributed by atoms with van der Waals surface area (Å²) in [5.41, 5.74) is 3.06. The van der Waals surface area contributed by atoms with Crippen LogP contribution in [0.4, 0.5) is 0 Å². The summed E-state index contributed by atoms with van der Waals surface area (Å²) < 4.78 is 8.04. The summed E-state index contributed by atoms with van der Waals surface area (Å²) >= 11 is 14.1. The van der Waals surface area contributed by atoms with E-state index in [1.54, 1.807) is 11.8 Å². The maximum absolute atomic E-state index is 6.23. The Morgan fingerprint density at radius 1 is 1.11 bits per heavy atom. The second kappa shape index (κ2) is 8.55. The zero-order valence-corrected chi connectivity index (χ0v) is 18.0. The first kappa shape index (κ1) is 20.1. The maximum Gasteiger partial charge on any atom is 0.191 e. The van der Waals surface area contributed by atoms with Crippen molar-refractivity contribution >= 4 is 35.0 Å². The summed E-state index contributed by atoms with van der Waals surface area (Å²) in [7, 11) is 1.95. The Morgan fingerprint density at radius 3 is 2.44 bits per heavy atom. The zero-order chi connectivity index (χ0) is 19.6. The van der Waals surface area contributed by atoms with E-state index in [-0.39, 0.29) is 6.10 Å². The zero-order valence-electron chi connectivity index (χ0n) is 15.7. The molecule has 0 amide bonds. The summed E-state index contributed by atoms with van der Waals surface area (Å²) in [6.07, 6.45) is -0.239. The van der Waals surface area contributed by atoms with Crippen LogP contribution in [0.3, 0.4) is 0 Å². The van der Waals surface area contributed by atoms with Gasteiger partial charge in [0, 0.05) is 22.8 Å². The molecular formula is C20H21Cl2N3OS. The van der Waals surface area contributed by atoms with E-state index in [0.717, 1.165) is 49.2 Å². The number of hydrogen-bond acceptors (Lipinski definition) is 4. The number of nitrogens with zero attached hydrogens (tertiary/aromatic N) is 3. The SMILES string of the molecule is Cc1cc(OC(C)c2nnc(SCc3ccccc3Cl)n2C)cc(C)c1Cl. The van der Waals surface area contributed by atoms with Gasteiger partial charge in [-0.05, 0) is 55.7 Å². The maximum atomic E-state index is 6.23. The van der Waals surface area contributed by atoms with E-state index in [4.69, 9.17) is 27.9 Å². The lowest BCUT2D eigenvalue weighted by molar-refractivity contribution is 0.211. The number of thioether (sulfide) groups is 1. The van der Waals surface area contributed by atoms with Gasteiger partial charge in [0.25, 0.3) is 0 Å². The normalized spacial score (nSPS) is 12.2. The Hall–Kier alpha value is -1.69. The van der Waals surface area contributed by atoms with Gasteiger partial charge in [-0.15, -0.1) is 10.2 Å². The third kappa shape index (κ3) is 4.60. The van der Waals surface area contributed by atoms with Gasteiger partial charge in [-0.25, -0.2) is 0 Å². The molecule has 7 heteroatoms. The van der Waals surface area contributed by atoms with Gasteiger partial charge in [0.05, 0.1) is 0 Å². The van der Waals surface area contributed by atoms with Gasteiger partial charge >= 0.3 is 0 Å². The Labute approximate surface area is 173 Å². The Morgan fingerprint density at radius 2 is 1.78 bits per heavy atom. The van der Waals surface area contributed by atoms with Gasteiger partial charge in [-0.1, -0.05) is 53.2 Å². The first-order valence-electron chi connectivity index (χ1n) is 8.55. The van der Waals surface area contributed by atoms with Gasteiger partial charge in [-0.2, -0.15) is 0 Å².